The molecule has 4 aromatic rings. The normalized spacial score (nSPS) is 12.0. The molecule has 3 N–H and O–H groups in total. The maximum atomic E-state index is 12.9. The van der Waals surface area contributed by atoms with E-state index in [1.165, 1.54) is 0 Å². The first-order valence-corrected chi connectivity index (χ1v) is 9.48. The molecule has 2 aromatic carbocycles. The SMILES string of the molecule is C[C@@H](NC(=O)c1cc2oc(-c3ccccc3)cc2n1C)c1cccc(C(=O)NO)c1. The van der Waals surface area contributed by atoms with Gasteiger partial charge in [-0.05, 0) is 24.6 Å². The standard InChI is InChI=1S/C23H21N3O4/c1-14(16-9-6-10-17(11-16)22(27)25-29)24-23(28)19-13-21-18(26(19)2)12-20(30-21)15-7-4-3-5-8-15/h3-14,29H,1-2H3,(H,24,28)(H,25,27)/t14-/m1/s1. The van der Waals surface area contributed by atoms with Gasteiger partial charge in [-0.3, -0.25) is 14.8 Å². The number of hydrogen-bond donors (Lipinski definition) is 3. The molecular formula is C23H21N3O4. The van der Waals surface area contributed by atoms with Gasteiger partial charge in [0.05, 0.1) is 11.6 Å². The lowest BCUT2D eigenvalue weighted by molar-refractivity contribution is 0.0706. The number of nitrogens with one attached hydrogen (secondary N) is 2. The van der Waals surface area contributed by atoms with E-state index in [1.807, 2.05) is 56.4 Å². The minimum absolute atomic E-state index is 0.255. The number of carbonyl (C=O) groups is 2. The van der Waals surface area contributed by atoms with Crippen molar-refractivity contribution in [2.75, 3.05) is 0 Å². The van der Waals surface area contributed by atoms with Crippen molar-refractivity contribution in [3.63, 3.8) is 0 Å². The van der Waals surface area contributed by atoms with Crippen LogP contribution in [0.3, 0.4) is 0 Å². The summed E-state index contributed by atoms with van der Waals surface area (Å²) < 4.78 is 7.74. The summed E-state index contributed by atoms with van der Waals surface area (Å²) in [7, 11) is 1.82. The van der Waals surface area contributed by atoms with E-state index in [-0.39, 0.29) is 11.9 Å². The Balaban J connectivity index is 1.55. The summed E-state index contributed by atoms with van der Waals surface area (Å²) in [5.41, 5.74) is 5.57. The Hall–Kier alpha value is -3.84. The molecule has 2 amide bonds. The van der Waals surface area contributed by atoms with Gasteiger partial charge >= 0.3 is 0 Å². The second kappa shape index (κ2) is 7.88. The van der Waals surface area contributed by atoms with Crippen molar-refractivity contribution < 1.29 is 19.2 Å². The quantitative estimate of drug-likeness (QED) is 0.346. The average molecular weight is 403 g/mol. The molecule has 30 heavy (non-hydrogen) atoms. The van der Waals surface area contributed by atoms with Crippen molar-refractivity contribution in [2.24, 2.45) is 7.05 Å². The number of amides is 2. The molecule has 0 aliphatic rings. The van der Waals surface area contributed by atoms with Gasteiger partial charge in [0.1, 0.15) is 11.5 Å². The van der Waals surface area contributed by atoms with E-state index in [0.717, 1.165) is 22.4 Å². The van der Waals surface area contributed by atoms with Crippen LogP contribution in [0.2, 0.25) is 0 Å². The lowest BCUT2D eigenvalue weighted by Gasteiger charge is -2.15. The third-order valence-corrected chi connectivity index (χ3v) is 5.12. The highest BCUT2D eigenvalue weighted by Gasteiger charge is 2.19. The molecule has 2 aromatic heterocycles. The molecule has 0 unspecified atom stereocenters. The number of hydroxylamine groups is 1. The molecule has 0 radical (unpaired) electrons. The Morgan fingerprint density at radius 3 is 2.47 bits per heavy atom. The van der Waals surface area contributed by atoms with E-state index in [1.54, 1.807) is 34.3 Å². The second-order valence-corrected chi connectivity index (χ2v) is 7.08. The predicted octanol–water partition coefficient (Wildman–Crippen LogP) is 4.05. The number of hydrogen-bond acceptors (Lipinski definition) is 4. The van der Waals surface area contributed by atoms with Crippen LogP contribution in [0.1, 0.15) is 39.4 Å². The predicted molar refractivity (Wildman–Crippen MR) is 112 cm³/mol. The maximum Gasteiger partial charge on any atom is 0.274 e. The minimum Gasteiger partial charge on any atom is -0.454 e. The smallest absolute Gasteiger partial charge is 0.274 e. The zero-order valence-corrected chi connectivity index (χ0v) is 16.5. The van der Waals surface area contributed by atoms with Gasteiger partial charge in [-0.2, -0.15) is 0 Å². The first kappa shape index (κ1) is 19.5. The molecular weight excluding hydrogens is 382 g/mol. The van der Waals surface area contributed by atoms with Gasteiger partial charge in [0, 0.05) is 30.3 Å². The molecule has 152 valence electrons. The van der Waals surface area contributed by atoms with Crippen LogP contribution < -0.4 is 10.8 Å². The Kier molecular flexibility index (Phi) is 5.12. The fourth-order valence-corrected chi connectivity index (χ4v) is 3.44. The Morgan fingerprint density at radius 1 is 1.00 bits per heavy atom. The highest BCUT2D eigenvalue weighted by molar-refractivity contribution is 5.98. The van der Waals surface area contributed by atoms with Gasteiger partial charge in [-0.1, -0.05) is 42.5 Å². The molecule has 0 fully saturated rings. The fourth-order valence-electron chi connectivity index (χ4n) is 3.44. The van der Waals surface area contributed by atoms with Gasteiger partial charge < -0.3 is 14.3 Å². The fraction of sp³-hybridized carbons (Fsp3) is 0.130. The van der Waals surface area contributed by atoms with E-state index in [0.29, 0.717) is 16.8 Å². The van der Waals surface area contributed by atoms with Crippen molar-refractivity contribution in [1.29, 1.82) is 0 Å². The first-order valence-electron chi connectivity index (χ1n) is 9.48. The van der Waals surface area contributed by atoms with Crippen LogP contribution in [-0.4, -0.2) is 21.6 Å². The molecule has 7 heteroatoms. The van der Waals surface area contributed by atoms with Crippen molar-refractivity contribution in [1.82, 2.24) is 15.4 Å². The number of fused-ring (bicyclic) bond motifs is 1. The van der Waals surface area contributed by atoms with Gasteiger partial charge in [0.2, 0.25) is 0 Å². The molecule has 0 bridgehead atoms. The van der Waals surface area contributed by atoms with E-state index in [2.05, 4.69) is 5.32 Å². The van der Waals surface area contributed by atoms with Gasteiger partial charge in [0.25, 0.3) is 11.8 Å². The molecule has 2 heterocycles. The van der Waals surface area contributed by atoms with Crippen molar-refractivity contribution in [2.45, 2.75) is 13.0 Å². The van der Waals surface area contributed by atoms with Crippen molar-refractivity contribution in [3.05, 3.63) is 83.6 Å². The van der Waals surface area contributed by atoms with Crippen LogP contribution in [0.25, 0.3) is 22.4 Å². The molecule has 4 rings (SSSR count). The zero-order valence-electron chi connectivity index (χ0n) is 16.5. The summed E-state index contributed by atoms with van der Waals surface area (Å²) in [5, 5.41) is 11.7. The van der Waals surface area contributed by atoms with Crippen molar-refractivity contribution >= 4 is 22.9 Å². The number of furan rings is 1. The second-order valence-electron chi connectivity index (χ2n) is 7.08. The monoisotopic (exact) mass is 403 g/mol. The molecule has 7 nitrogen and oxygen atoms in total. The number of aryl methyl sites for hydroxylation is 1. The van der Waals surface area contributed by atoms with Crippen molar-refractivity contribution in [3.8, 4) is 11.3 Å². The molecule has 0 spiro atoms. The summed E-state index contributed by atoms with van der Waals surface area (Å²) in [6.45, 7) is 1.83. The molecule has 0 aliphatic heterocycles. The van der Waals surface area contributed by atoms with E-state index >= 15 is 0 Å². The average Bonchev–Trinajstić information content (AvgIpc) is 3.33. The highest BCUT2D eigenvalue weighted by Crippen LogP contribution is 2.29. The molecule has 0 saturated heterocycles. The summed E-state index contributed by atoms with van der Waals surface area (Å²) >= 11 is 0. The Morgan fingerprint density at radius 2 is 1.77 bits per heavy atom. The largest absolute Gasteiger partial charge is 0.454 e. The Bertz CT molecular complexity index is 1220. The van der Waals surface area contributed by atoms with E-state index in [9.17, 15) is 9.59 Å². The summed E-state index contributed by atoms with van der Waals surface area (Å²) in [6.07, 6.45) is 0. The summed E-state index contributed by atoms with van der Waals surface area (Å²) in [5.74, 6) is -0.113. The summed E-state index contributed by atoms with van der Waals surface area (Å²) in [6, 6.07) is 19.8. The lowest BCUT2D eigenvalue weighted by atomic mass is 10.0. The van der Waals surface area contributed by atoms with E-state index < -0.39 is 5.91 Å². The molecule has 0 aliphatic carbocycles. The van der Waals surface area contributed by atoms with Gasteiger partial charge in [-0.15, -0.1) is 0 Å². The van der Waals surface area contributed by atoms with Crippen LogP contribution >= 0.6 is 0 Å². The number of aromatic nitrogens is 1. The van der Waals surface area contributed by atoms with Crippen LogP contribution in [0.4, 0.5) is 0 Å². The summed E-state index contributed by atoms with van der Waals surface area (Å²) in [4.78, 5) is 24.5. The van der Waals surface area contributed by atoms with Crippen LogP contribution in [-0.2, 0) is 7.05 Å². The number of rotatable bonds is 5. The van der Waals surface area contributed by atoms with Crippen LogP contribution in [0.15, 0.2) is 71.1 Å². The topological polar surface area (TPSA) is 96.5 Å². The third-order valence-electron chi connectivity index (χ3n) is 5.12. The van der Waals surface area contributed by atoms with Gasteiger partial charge in [0.15, 0.2) is 5.58 Å². The highest BCUT2D eigenvalue weighted by atomic mass is 16.5. The van der Waals surface area contributed by atoms with E-state index in [4.69, 9.17) is 9.62 Å². The number of benzene rings is 2. The third kappa shape index (κ3) is 3.58. The number of carbonyl (C=O) groups excluding carboxylic acids is 2. The maximum absolute atomic E-state index is 12.9. The van der Waals surface area contributed by atoms with Crippen LogP contribution in [0.5, 0.6) is 0 Å². The van der Waals surface area contributed by atoms with Crippen LogP contribution in [0, 0.1) is 0 Å². The molecule has 1 atom stereocenters. The van der Waals surface area contributed by atoms with Gasteiger partial charge in [-0.25, -0.2) is 5.48 Å². The Labute approximate surface area is 172 Å². The zero-order chi connectivity index (χ0) is 21.3. The minimum atomic E-state index is -0.604. The molecule has 0 saturated carbocycles. The number of nitrogens with zero attached hydrogens (tertiary/aromatic N) is 1. The first-order chi connectivity index (χ1) is 14.5. The lowest BCUT2D eigenvalue weighted by Crippen LogP contribution is -2.28.